The summed E-state index contributed by atoms with van der Waals surface area (Å²) in [6, 6.07) is 9.54. The van der Waals surface area contributed by atoms with Crippen LogP contribution in [0.1, 0.15) is 5.56 Å². The molecule has 1 unspecified atom stereocenters. The third-order valence-corrected chi connectivity index (χ3v) is 3.93. The van der Waals surface area contributed by atoms with E-state index in [2.05, 4.69) is 0 Å². The topological polar surface area (TPSA) is 34.1 Å². The summed E-state index contributed by atoms with van der Waals surface area (Å²) in [6.45, 7) is 0. The summed E-state index contributed by atoms with van der Waals surface area (Å²) in [5, 5.41) is 0. The third kappa shape index (κ3) is 2.67. The second-order valence-corrected chi connectivity index (χ2v) is 5.66. The number of hydrogen-bond donors (Lipinski definition) is 0. The summed E-state index contributed by atoms with van der Waals surface area (Å²) < 4.78 is -0.0601. The van der Waals surface area contributed by atoms with Gasteiger partial charge in [0.05, 0.1) is 0 Å². The van der Waals surface area contributed by atoms with Crippen molar-refractivity contribution in [2.75, 3.05) is 0 Å². The Kier molecular flexibility index (Phi) is 4.33. The molecule has 3 heteroatoms. The fourth-order valence-corrected chi connectivity index (χ4v) is 2.39. The molecule has 0 aliphatic rings. The molecular formula is C11H12GeO2. The van der Waals surface area contributed by atoms with E-state index < -0.39 is 0 Å². The molecule has 1 aromatic rings. The van der Waals surface area contributed by atoms with Crippen LogP contribution in [0.3, 0.4) is 0 Å². The Labute approximate surface area is 91.2 Å². The SMILES string of the molecule is O=CC=C(c1ccccc1)[CH]([GeH3])C=O. The van der Waals surface area contributed by atoms with E-state index >= 15 is 0 Å². The zero-order valence-electron chi connectivity index (χ0n) is 8.01. The Balaban J connectivity index is 3.07. The predicted molar refractivity (Wildman–Crippen MR) is 60.2 cm³/mol. The molecule has 1 aromatic carbocycles. The van der Waals surface area contributed by atoms with E-state index in [0.29, 0.717) is 16.5 Å². The first kappa shape index (κ1) is 10.9. The number of hydrogen-bond acceptors (Lipinski definition) is 2. The first-order valence-electron chi connectivity index (χ1n) is 4.45. The Hall–Kier alpha value is -1.16. The normalized spacial score (nSPS) is 13.6. The Bertz CT molecular complexity index is 344. The van der Waals surface area contributed by atoms with Gasteiger partial charge in [-0.3, -0.25) is 0 Å². The molecule has 0 heterocycles. The number of carbonyl (C=O) groups is 2. The van der Waals surface area contributed by atoms with Gasteiger partial charge in [-0.2, -0.15) is 0 Å². The van der Waals surface area contributed by atoms with Gasteiger partial charge in [-0.05, 0) is 0 Å². The van der Waals surface area contributed by atoms with Gasteiger partial charge in [-0.25, -0.2) is 0 Å². The number of aldehydes is 2. The Morgan fingerprint density at radius 3 is 2.36 bits per heavy atom. The minimum absolute atomic E-state index is 0.0601. The van der Waals surface area contributed by atoms with Gasteiger partial charge in [0, 0.05) is 0 Å². The molecule has 0 amide bonds. The van der Waals surface area contributed by atoms with Gasteiger partial charge in [-0.1, -0.05) is 0 Å². The molecule has 0 spiro atoms. The van der Waals surface area contributed by atoms with Gasteiger partial charge in [0.2, 0.25) is 0 Å². The zero-order chi connectivity index (χ0) is 10.4. The maximum absolute atomic E-state index is 10.7. The molecule has 1 atom stereocenters. The summed E-state index contributed by atoms with van der Waals surface area (Å²) in [6.07, 6.45) is 3.15. The number of benzene rings is 1. The Morgan fingerprint density at radius 1 is 1.21 bits per heavy atom. The fraction of sp³-hybridized carbons (Fsp3) is 0.0909. The third-order valence-electron chi connectivity index (χ3n) is 2.05. The minimum atomic E-state index is -0.0601. The van der Waals surface area contributed by atoms with Crippen LogP contribution < -0.4 is 0 Å². The average Bonchev–Trinajstić information content (AvgIpc) is 2.26. The van der Waals surface area contributed by atoms with Gasteiger partial charge in [-0.15, -0.1) is 0 Å². The van der Waals surface area contributed by atoms with Crippen molar-refractivity contribution in [3.63, 3.8) is 0 Å². The van der Waals surface area contributed by atoms with Crippen LogP contribution in [0.5, 0.6) is 0 Å². The number of carbonyl (C=O) groups excluding carboxylic acids is 2. The predicted octanol–water partition coefficient (Wildman–Crippen LogP) is 0.622. The van der Waals surface area contributed by atoms with Crippen LogP contribution in [0.15, 0.2) is 36.4 Å². The van der Waals surface area contributed by atoms with Crippen LogP contribution in [0.4, 0.5) is 0 Å². The molecule has 72 valence electrons. The molecule has 0 bridgehead atoms. The van der Waals surface area contributed by atoms with Crippen molar-refractivity contribution in [2.24, 2.45) is 0 Å². The summed E-state index contributed by atoms with van der Waals surface area (Å²) in [7, 11) is 0. The molecule has 1 rings (SSSR count). The molecule has 0 saturated heterocycles. The van der Waals surface area contributed by atoms with Gasteiger partial charge in [0.15, 0.2) is 0 Å². The quantitative estimate of drug-likeness (QED) is 0.445. The first-order chi connectivity index (χ1) is 6.79. The molecule has 0 saturated carbocycles. The van der Waals surface area contributed by atoms with Crippen molar-refractivity contribution in [1.82, 2.24) is 0 Å². The molecule has 0 aromatic heterocycles. The summed E-state index contributed by atoms with van der Waals surface area (Å²) >= 11 is 0.361. The second-order valence-electron chi connectivity index (χ2n) is 3.05. The molecule has 0 radical (unpaired) electrons. The van der Waals surface area contributed by atoms with Crippen molar-refractivity contribution in [1.29, 1.82) is 0 Å². The molecule has 0 N–H and O–H groups in total. The van der Waals surface area contributed by atoms with Gasteiger partial charge in [0.1, 0.15) is 0 Å². The Morgan fingerprint density at radius 2 is 1.86 bits per heavy atom. The fourth-order valence-electron chi connectivity index (χ4n) is 1.29. The molecule has 0 fully saturated rings. The zero-order valence-corrected chi connectivity index (χ0v) is 12.2. The van der Waals surface area contributed by atoms with Gasteiger partial charge >= 0.3 is 91.0 Å². The van der Waals surface area contributed by atoms with E-state index in [0.717, 1.165) is 23.7 Å². The van der Waals surface area contributed by atoms with E-state index in [1.54, 1.807) is 0 Å². The molecule has 0 aliphatic carbocycles. The van der Waals surface area contributed by atoms with Gasteiger partial charge in [0.25, 0.3) is 0 Å². The second kappa shape index (κ2) is 5.55. The van der Waals surface area contributed by atoms with Crippen molar-refractivity contribution in [2.45, 2.75) is 4.75 Å². The van der Waals surface area contributed by atoms with E-state index in [-0.39, 0.29) is 4.75 Å². The van der Waals surface area contributed by atoms with E-state index in [4.69, 9.17) is 0 Å². The van der Waals surface area contributed by atoms with Crippen molar-refractivity contribution < 1.29 is 9.59 Å². The van der Waals surface area contributed by atoms with Crippen LogP contribution in [0.25, 0.3) is 5.57 Å². The monoisotopic (exact) mass is 250 g/mol. The van der Waals surface area contributed by atoms with Gasteiger partial charge < -0.3 is 0 Å². The first-order valence-corrected chi connectivity index (χ1v) is 6.88. The van der Waals surface area contributed by atoms with E-state index in [9.17, 15) is 9.59 Å². The van der Waals surface area contributed by atoms with Crippen molar-refractivity contribution >= 4 is 34.7 Å². The molecular weight excluding hydrogens is 237 g/mol. The van der Waals surface area contributed by atoms with Crippen molar-refractivity contribution in [3.05, 3.63) is 42.0 Å². The molecule has 0 aliphatic heterocycles. The average molecular weight is 249 g/mol. The number of rotatable bonds is 4. The van der Waals surface area contributed by atoms with E-state index in [1.165, 1.54) is 6.08 Å². The van der Waals surface area contributed by atoms with E-state index in [1.807, 2.05) is 30.3 Å². The van der Waals surface area contributed by atoms with Crippen LogP contribution in [-0.4, -0.2) is 29.1 Å². The standard InChI is InChI=1S/C11H12GeO2/c12-11(8-14)10(6-7-13)9-4-2-1-3-5-9/h1-8,11H,12H3. The summed E-state index contributed by atoms with van der Waals surface area (Å²) in [4.78, 5) is 21.1. The molecule has 2 nitrogen and oxygen atoms in total. The van der Waals surface area contributed by atoms with Crippen LogP contribution in [0, 0.1) is 0 Å². The van der Waals surface area contributed by atoms with Crippen LogP contribution in [-0.2, 0) is 9.59 Å². The maximum atomic E-state index is 10.7. The number of allylic oxidation sites excluding steroid dienone is 2. The molecule has 14 heavy (non-hydrogen) atoms. The summed E-state index contributed by atoms with van der Waals surface area (Å²) in [5.41, 5.74) is 1.81. The van der Waals surface area contributed by atoms with Crippen molar-refractivity contribution in [3.8, 4) is 0 Å². The summed E-state index contributed by atoms with van der Waals surface area (Å²) in [5.74, 6) is 0. The van der Waals surface area contributed by atoms with Crippen LogP contribution >= 0.6 is 0 Å². The van der Waals surface area contributed by atoms with Crippen LogP contribution in [0.2, 0.25) is 4.75 Å².